The summed E-state index contributed by atoms with van der Waals surface area (Å²) in [4.78, 5) is 0. The number of alkyl halides is 6. The molecule has 0 saturated carbocycles. The first kappa shape index (κ1) is 26.9. The summed E-state index contributed by atoms with van der Waals surface area (Å²) in [5, 5.41) is 11.9. The van der Waals surface area contributed by atoms with E-state index < -0.39 is 42.4 Å². The molecule has 0 amide bonds. The van der Waals surface area contributed by atoms with Gasteiger partial charge >= 0.3 is 12.4 Å². The molecule has 0 fully saturated rings. The first-order chi connectivity index (χ1) is 17.4. The van der Waals surface area contributed by atoms with E-state index in [4.69, 9.17) is 4.74 Å². The van der Waals surface area contributed by atoms with Crippen molar-refractivity contribution in [2.75, 3.05) is 6.54 Å². The quantitative estimate of drug-likeness (QED) is 0.322. The van der Waals surface area contributed by atoms with Crippen LogP contribution in [0.5, 0.6) is 11.5 Å². The van der Waals surface area contributed by atoms with E-state index in [0.29, 0.717) is 17.6 Å². The van der Waals surface area contributed by atoms with Gasteiger partial charge < -0.3 is 15.2 Å². The van der Waals surface area contributed by atoms with Crippen molar-refractivity contribution in [2.24, 2.45) is 0 Å². The number of aryl methyl sites for hydroxylation is 2. The van der Waals surface area contributed by atoms with Gasteiger partial charge in [-0.05, 0) is 78.8 Å². The Kier molecular flexibility index (Phi) is 7.80. The predicted molar refractivity (Wildman–Crippen MR) is 123 cm³/mol. The van der Waals surface area contributed by atoms with E-state index in [9.17, 15) is 35.8 Å². The van der Waals surface area contributed by atoms with Gasteiger partial charge in [0.25, 0.3) is 0 Å². The fourth-order valence-electron chi connectivity index (χ4n) is 4.36. The highest BCUT2D eigenvalue weighted by Gasteiger charge is 2.38. The zero-order chi connectivity index (χ0) is 26.8. The topological polar surface area (TPSA) is 41.5 Å². The van der Waals surface area contributed by atoms with Gasteiger partial charge in [-0.1, -0.05) is 24.3 Å². The van der Waals surface area contributed by atoms with Crippen LogP contribution in [0.15, 0.2) is 60.7 Å². The SMILES string of the molecule is OC(CNC(c1cccc(Oc2ccc3c(c2)CCCC3)c1)c1ccc(C(F)(F)F)cc1F)C(F)(F)F. The lowest BCUT2D eigenvalue weighted by atomic mass is 9.92. The maximum Gasteiger partial charge on any atom is 0.416 e. The van der Waals surface area contributed by atoms with E-state index in [1.54, 1.807) is 12.1 Å². The number of hydrogen-bond acceptors (Lipinski definition) is 3. The second kappa shape index (κ2) is 10.7. The molecule has 2 atom stereocenters. The largest absolute Gasteiger partial charge is 0.457 e. The molecule has 0 bridgehead atoms. The third-order valence-corrected chi connectivity index (χ3v) is 6.28. The Hall–Kier alpha value is -3.11. The van der Waals surface area contributed by atoms with Crippen LogP contribution >= 0.6 is 0 Å². The minimum absolute atomic E-state index is 0.239. The van der Waals surface area contributed by atoms with Crippen molar-refractivity contribution in [1.29, 1.82) is 0 Å². The lowest BCUT2D eigenvalue weighted by Gasteiger charge is -2.24. The fourth-order valence-corrected chi connectivity index (χ4v) is 4.36. The Morgan fingerprint density at radius 3 is 2.22 bits per heavy atom. The Balaban J connectivity index is 1.64. The van der Waals surface area contributed by atoms with Gasteiger partial charge in [-0.3, -0.25) is 0 Å². The maximum atomic E-state index is 14.8. The van der Waals surface area contributed by atoms with Crippen LogP contribution in [0.1, 0.15) is 46.7 Å². The number of benzene rings is 3. The van der Waals surface area contributed by atoms with E-state index in [1.807, 2.05) is 18.2 Å². The van der Waals surface area contributed by atoms with Crippen molar-refractivity contribution in [1.82, 2.24) is 5.32 Å². The third-order valence-electron chi connectivity index (χ3n) is 6.28. The third kappa shape index (κ3) is 6.61. The van der Waals surface area contributed by atoms with Crippen molar-refractivity contribution < 1.29 is 40.6 Å². The zero-order valence-electron chi connectivity index (χ0n) is 19.5. The number of aliphatic hydroxyl groups is 1. The van der Waals surface area contributed by atoms with Crippen LogP contribution in [0.3, 0.4) is 0 Å². The molecule has 1 aliphatic carbocycles. The van der Waals surface area contributed by atoms with Crippen LogP contribution in [0.25, 0.3) is 0 Å². The van der Waals surface area contributed by atoms with Gasteiger partial charge in [0.1, 0.15) is 17.3 Å². The normalized spacial score (nSPS) is 15.7. The molecule has 1 aliphatic rings. The minimum Gasteiger partial charge on any atom is -0.457 e. The first-order valence-corrected chi connectivity index (χ1v) is 11.7. The van der Waals surface area contributed by atoms with Crippen molar-refractivity contribution in [2.45, 2.75) is 50.2 Å². The molecule has 3 aromatic carbocycles. The van der Waals surface area contributed by atoms with Crippen molar-refractivity contribution >= 4 is 0 Å². The monoisotopic (exact) mass is 527 g/mol. The predicted octanol–water partition coefficient (Wildman–Crippen LogP) is 7.12. The van der Waals surface area contributed by atoms with E-state index in [-0.39, 0.29) is 17.2 Å². The molecule has 0 aromatic heterocycles. The van der Waals surface area contributed by atoms with Crippen molar-refractivity contribution in [3.63, 3.8) is 0 Å². The summed E-state index contributed by atoms with van der Waals surface area (Å²) in [7, 11) is 0. The molecule has 2 N–H and O–H groups in total. The number of ether oxygens (including phenoxy) is 1. The molecule has 10 heteroatoms. The Bertz CT molecular complexity index is 1240. The molecule has 3 nitrogen and oxygen atoms in total. The molecular weight excluding hydrogens is 503 g/mol. The summed E-state index contributed by atoms with van der Waals surface area (Å²) in [6.07, 6.45) is -8.39. The van der Waals surface area contributed by atoms with Crippen LogP contribution in [-0.2, 0) is 19.0 Å². The van der Waals surface area contributed by atoms with Gasteiger partial charge in [0.15, 0.2) is 6.10 Å². The number of nitrogens with one attached hydrogen (secondary N) is 1. The average molecular weight is 527 g/mol. The summed E-state index contributed by atoms with van der Waals surface area (Å²) >= 11 is 0. The Morgan fingerprint density at radius 2 is 1.54 bits per heavy atom. The molecule has 2 unspecified atom stereocenters. The summed E-state index contributed by atoms with van der Waals surface area (Å²) < 4.78 is 98.5. The molecule has 0 heterocycles. The summed E-state index contributed by atoms with van der Waals surface area (Å²) in [6, 6.07) is 12.3. The second-order valence-corrected chi connectivity index (χ2v) is 8.94. The van der Waals surface area contributed by atoms with Gasteiger partial charge in [0.05, 0.1) is 11.6 Å². The highest BCUT2D eigenvalue weighted by molar-refractivity contribution is 5.43. The average Bonchev–Trinajstić information content (AvgIpc) is 2.84. The van der Waals surface area contributed by atoms with Gasteiger partial charge in [-0.25, -0.2) is 4.39 Å². The van der Waals surface area contributed by atoms with E-state index in [1.165, 1.54) is 23.3 Å². The molecule has 0 aliphatic heterocycles. The van der Waals surface area contributed by atoms with Crippen LogP contribution in [0.2, 0.25) is 0 Å². The first-order valence-electron chi connectivity index (χ1n) is 11.7. The molecular formula is C27H24F7NO2. The molecule has 0 saturated heterocycles. The summed E-state index contributed by atoms with van der Waals surface area (Å²) in [5.41, 5.74) is 1.12. The zero-order valence-corrected chi connectivity index (χ0v) is 19.5. The number of aliphatic hydroxyl groups excluding tert-OH is 1. The number of halogens is 7. The Labute approximate surface area is 208 Å². The van der Waals surface area contributed by atoms with Crippen molar-refractivity contribution in [3.8, 4) is 11.5 Å². The molecule has 4 rings (SSSR count). The maximum absolute atomic E-state index is 14.8. The summed E-state index contributed by atoms with van der Waals surface area (Å²) in [6.45, 7) is -1.01. The second-order valence-electron chi connectivity index (χ2n) is 8.94. The molecule has 37 heavy (non-hydrogen) atoms. The van der Waals surface area contributed by atoms with Gasteiger partial charge in [-0.15, -0.1) is 0 Å². The highest BCUT2D eigenvalue weighted by atomic mass is 19.4. The van der Waals surface area contributed by atoms with Gasteiger partial charge in [0, 0.05) is 12.1 Å². The van der Waals surface area contributed by atoms with Gasteiger partial charge in [0.2, 0.25) is 0 Å². The number of fused-ring (bicyclic) bond motifs is 1. The minimum atomic E-state index is -4.94. The molecule has 0 radical (unpaired) electrons. The van der Waals surface area contributed by atoms with Crippen LogP contribution in [0, 0.1) is 5.82 Å². The standard InChI is InChI=1S/C27H24F7NO2/c28-23-14-19(26(29,30)31)9-11-22(23)25(35-15-24(36)27(32,33)34)18-6-3-7-20(13-18)37-21-10-8-16-4-1-2-5-17(16)12-21/h3,6-14,24-25,35-36H,1-2,4-5,15H2. The fraction of sp³-hybridized carbons (Fsp3) is 0.333. The smallest absolute Gasteiger partial charge is 0.416 e. The molecule has 198 valence electrons. The lowest BCUT2D eigenvalue weighted by Crippen LogP contribution is -2.40. The number of hydrogen-bond donors (Lipinski definition) is 2. The number of rotatable bonds is 7. The van der Waals surface area contributed by atoms with E-state index >= 15 is 0 Å². The Morgan fingerprint density at radius 1 is 0.838 bits per heavy atom. The van der Waals surface area contributed by atoms with Gasteiger partial charge in [-0.2, -0.15) is 26.3 Å². The lowest BCUT2D eigenvalue weighted by molar-refractivity contribution is -0.202. The molecule has 3 aromatic rings. The van der Waals surface area contributed by atoms with E-state index in [0.717, 1.165) is 31.7 Å². The van der Waals surface area contributed by atoms with Crippen LogP contribution in [-0.4, -0.2) is 23.9 Å². The molecule has 0 spiro atoms. The van der Waals surface area contributed by atoms with Crippen LogP contribution < -0.4 is 10.1 Å². The van der Waals surface area contributed by atoms with E-state index in [2.05, 4.69) is 5.32 Å². The summed E-state index contributed by atoms with van der Waals surface area (Å²) in [5.74, 6) is -0.394. The van der Waals surface area contributed by atoms with Crippen LogP contribution in [0.4, 0.5) is 30.7 Å². The highest BCUT2D eigenvalue weighted by Crippen LogP contribution is 2.35. The van der Waals surface area contributed by atoms with Crippen molar-refractivity contribution in [3.05, 3.63) is 94.3 Å².